The van der Waals surface area contributed by atoms with E-state index in [-0.39, 0.29) is 0 Å². The maximum Gasteiger partial charge on any atom is 0.135 e. The van der Waals surface area contributed by atoms with Crippen molar-refractivity contribution in [3.63, 3.8) is 0 Å². The Morgan fingerprint density at radius 3 is 2.75 bits per heavy atom. The zero-order chi connectivity index (χ0) is 11.0. The number of carbonyl (C=O) groups excluding carboxylic acids is 1. The van der Waals surface area contributed by atoms with Crippen LogP contribution in [-0.2, 0) is 11.3 Å². The molecular formula is C12H17N3O. The molecule has 2 aliphatic rings. The number of aromatic nitrogens is 2. The lowest BCUT2D eigenvalue weighted by Gasteiger charge is -2.25. The number of hydrogen-bond donors (Lipinski definition) is 0. The normalized spacial score (nSPS) is 22.6. The maximum atomic E-state index is 11.2. The summed E-state index contributed by atoms with van der Waals surface area (Å²) in [5.41, 5.74) is 1.30. The molecule has 1 saturated heterocycles. The molecule has 1 aromatic heterocycles. The number of imidazole rings is 1. The van der Waals surface area contributed by atoms with Crippen LogP contribution in [0.1, 0.15) is 37.4 Å². The minimum absolute atomic E-state index is 0.409. The largest absolute Gasteiger partial charge is 0.330 e. The van der Waals surface area contributed by atoms with Gasteiger partial charge in [-0.05, 0) is 12.8 Å². The molecule has 0 amide bonds. The fourth-order valence-electron chi connectivity index (χ4n) is 2.33. The average molecular weight is 219 g/mol. The fourth-order valence-corrected chi connectivity index (χ4v) is 2.33. The van der Waals surface area contributed by atoms with E-state index in [0.717, 1.165) is 32.5 Å². The minimum Gasteiger partial charge on any atom is -0.330 e. The van der Waals surface area contributed by atoms with Gasteiger partial charge in [-0.1, -0.05) is 0 Å². The van der Waals surface area contributed by atoms with Crippen LogP contribution >= 0.6 is 0 Å². The van der Waals surface area contributed by atoms with Crippen LogP contribution in [0.15, 0.2) is 12.5 Å². The van der Waals surface area contributed by atoms with Crippen LogP contribution in [-0.4, -0.2) is 33.3 Å². The van der Waals surface area contributed by atoms with Crippen molar-refractivity contribution in [2.24, 2.45) is 0 Å². The number of nitrogens with zero attached hydrogens (tertiary/aromatic N) is 3. The van der Waals surface area contributed by atoms with E-state index in [1.807, 2.05) is 12.5 Å². The lowest BCUT2D eigenvalue weighted by Crippen LogP contribution is -2.33. The molecule has 86 valence electrons. The van der Waals surface area contributed by atoms with Crippen molar-refractivity contribution in [1.29, 1.82) is 0 Å². The monoisotopic (exact) mass is 219 g/mol. The molecule has 3 rings (SSSR count). The minimum atomic E-state index is 0.409. The van der Waals surface area contributed by atoms with Crippen LogP contribution in [0.2, 0.25) is 0 Å². The smallest absolute Gasteiger partial charge is 0.135 e. The molecule has 0 N–H and O–H groups in total. The van der Waals surface area contributed by atoms with Gasteiger partial charge in [-0.2, -0.15) is 0 Å². The standard InChI is InChI=1S/C12H17N3O/c16-12-3-5-14(6-4-12)8-11-7-13-9-15(11)10-1-2-10/h7,9-10H,1-6,8H2. The van der Waals surface area contributed by atoms with E-state index in [4.69, 9.17) is 0 Å². The summed E-state index contributed by atoms with van der Waals surface area (Å²) in [6, 6.07) is 0.698. The van der Waals surface area contributed by atoms with E-state index < -0.39 is 0 Å². The second-order valence-electron chi connectivity index (χ2n) is 4.84. The molecule has 0 aromatic carbocycles. The number of rotatable bonds is 3. The summed E-state index contributed by atoms with van der Waals surface area (Å²) in [5.74, 6) is 0.409. The highest BCUT2D eigenvalue weighted by Crippen LogP contribution is 2.35. The number of likely N-dealkylation sites (tertiary alicyclic amines) is 1. The molecule has 0 spiro atoms. The van der Waals surface area contributed by atoms with Gasteiger partial charge in [0.2, 0.25) is 0 Å². The Labute approximate surface area is 95.3 Å². The molecule has 16 heavy (non-hydrogen) atoms. The van der Waals surface area contributed by atoms with Crippen LogP contribution in [0.5, 0.6) is 0 Å². The van der Waals surface area contributed by atoms with Gasteiger partial charge in [0, 0.05) is 44.7 Å². The van der Waals surface area contributed by atoms with Gasteiger partial charge >= 0.3 is 0 Å². The Morgan fingerprint density at radius 2 is 2.06 bits per heavy atom. The topological polar surface area (TPSA) is 38.1 Å². The number of piperidine rings is 1. The first-order valence-electron chi connectivity index (χ1n) is 6.08. The average Bonchev–Trinajstić information content (AvgIpc) is 3.03. The SMILES string of the molecule is O=C1CCN(Cc2cncn2C2CC2)CC1. The molecule has 4 heteroatoms. The Balaban J connectivity index is 1.64. The quantitative estimate of drug-likeness (QED) is 0.771. The van der Waals surface area contributed by atoms with E-state index in [1.165, 1.54) is 18.5 Å². The molecule has 4 nitrogen and oxygen atoms in total. The first kappa shape index (κ1) is 10.0. The lowest BCUT2D eigenvalue weighted by molar-refractivity contribution is -0.121. The van der Waals surface area contributed by atoms with Gasteiger partial charge in [-0.15, -0.1) is 0 Å². The van der Waals surface area contributed by atoms with Crippen molar-refractivity contribution in [3.8, 4) is 0 Å². The summed E-state index contributed by atoms with van der Waals surface area (Å²) in [6.07, 6.45) is 7.94. The van der Waals surface area contributed by atoms with Crippen molar-refractivity contribution in [3.05, 3.63) is 18.2 Å². The second-order valence-corrected chi connectivity index (χ2v) is 4.84. The lowest BCUT2D eigenvalue weighted by atomic mass is 10.1. The molecule has 0 atom stereocenters. The van der Waals surface area contributed by atoms with Gasteiger partial charge in [0.25, 0.3) is 0 Å². The first-order chi connectivity index (χ1) is 7.83. The zero-order valence-electron chi connectivity index (χ0n) is 9.43. The summed E-state index contributed by atoms with van der Waals surface area (Å²) in [7, 11) is 0. The van der Waals surface area contributed by atoms with Crippen molar-refractivity contribution in [2.45, 2.75) is 38.3 Å². The van der Waals surface area contributed by atoms with E-state index in [0.29, 0.717) is 11.8 Å². The molecule has 0 bridgehead atoms. The van der Waals surface area contributed by atoms with Crippen LogP contribution in [0, 0.1) is 0 Å². The van der Waals surface area contributed by atoms with E-state index in [9.17, 15) is 4.79 Å². The molecule has 0 radical (unpaired) electrons. The fraction of sp³-hybridized carbons (Fsp3) is 0.667. The molecule has 1 aliphatic heterocycles. The maximum absolute atomic E-state index is 11.2. The van der Waals surface area contributed by atoms with Gasteiger partial charge in [0.15, 0.2) is 0 Å². The predicted octanol–water partition coefficient (Wildman–Crippen LogP) is 1.38. The Morgan fingerprint density at radius 1 is 1.31 bits per heavy atom. The van der Waals surface area contributed by atoms with Crippen molar-refractivity contribution in [2.75, 3.05) is 13.1 Å². The second kappa shape index (κ2) is 4.01. The molecule has 0 unspecified atom stereocenters. The van der Waals surface area contributed by atoms with Crippen molar-refractivity contribution < 1.29 is 4.79 Å². The van der Waals surface area contributed by atoms with Crippen molar-refractivity contribution >= 4 is 5.78 Å². The first-order valence-corrected chi connectivity index (χ1v) is 6.08. The number of ketones is 1. The third kappa shape index (κ3) is 2.02. The molecule has 1 aliphatic carbocycles. The predicted molar refractivity (Wildman–Crippen MR) is 60.0 cm³/mol. The van der Waals surface area contributed by atoms with Crippen LogP contribution in [0.3, 0.4) is 0 Å². The highest BCUT2D eigenvalue weighted by Gasteiger charge is 2.26. The summed E-state index contributed by atoms with van der Waals surface area (Å²) in [6.45, 7) is 2.77. The third-order valence-electron chi connectivity index (χ3n) is 3.49. The van der Waals surface area contributed by atoms with Gasteiger partial charge in [0.05, 0.1) is 12.0 Å². The van der Waals surface area contributed by atoms with E-state index in [1.54, 1.807) is 0 Å². The highest BCUT2D eigenvalue weighted by atomic mass is 16.1. The highest BCUT2D eigenvalue weighted by molar-refractivity contribution is 5.79. The van der Waals surface area contributed by atoms with E-state index in [2.05, 4.69) is 14.5 Å². The van der Waals surface area contributed by atoms with Crippen LogP contribution < -0.4 is 0 Å². The molecular weight excluding hydrogens is 202 g/mol. The van der Waals surface area contributed by atoms with Gasteiger partial charge in [-0.25, -0.2) is 4.98 Å². The summed E-state index contributed by atoms with van der Waals surface area (Å²) >= 11 is 0. The zero-order valence-corrected chi connectivity index (χ0v) is 9.43. The number of Topliss-reactive ketones (excluding diaryl/α,β-unsaturated/α-hetero) is 1. The molecule has 2 heterocycles. The third-order valence-corrected chi connectivity index (χ3v) is 3.49. The summed E-state index contributed by atoms with van der Waals surface area (Å²) in [5, 5.41) is 0. The van der Waals surface area contributed by atoms with Gasteiger partial charge < -0.3 is 4.57 Å². The Kier molecular flexibility index (Phi) is 2.52. The summed E-state index contributed by atoms with van der Waals surface area (Å²) < 4.78 is 2.30. The van der Waals surface area contributed by atoms with Crippen LogP contribution in [0.25, 0.3) is 0 Å². The number of carbonyl (C=O) groups is 1. The summed E-state index contributed by atoms with van der Waals surface area (Å²) in [4.78, 5) is 17.7. The van der Waals surface area contributed by atoms with Gasteiger partial charge in [0.1, 0.15) is 5.78 Å². The Hall–Kier alpha value is -1.16. The molecule has 1 saturated carbocycles. The molecule has 2 fully saturated rings. The Bertz CT molecular complexity index is 385. The van der Waals surface area contributed by atoms with Gasteiger partial charge in [-0.3, -0.25) is 9.69 Å². The number of hydrogen-bond acceptors (Lipinski definition) is 3. The van der Waals surface area contributed by atoms with E-state index >= 15 is 0 Å². The molecule has 1 aromatic rings. The van der Waals surface area contributed by atoms with Crippen LogP contribution in [0.4, 0.5) is 0 Å². The van der Waals surface area contributed by atoms with Crippen molar-refractivity contribution in [1.82, 2.24) is 14.5 Å².